The Morgan fingerprint density at radius 2 is 1.90 bits per heavy atom. The lowest BCUT2D eigenvalue weighted by atomic mass is 9.64. The highest BCUT2D eigenvalue weighted by Gasteiger charge is 2.37. The van der Waals surface area contributed by atoms with Crippen molar-refractivity contribution in [1.29, 1.82) is 0 Å². The molecule has 1 aromatic carbocycles. The molecule has 0 bridgehead atoms. The fourth-order valence-corrected chi connectivity index (χ4v) is 3.71. The molecule has 21 heavy (non-hydrogen) atoms. The fraction of sp³-hybridized carbons (Fsp3) is 0.667. The molecular formula is C18H27F2N. The molecule has 3 atom stereocenters. The van der Waals surface area contributed by atoms with E-state index in [1.807, 2.05) is 7.05 Å². The summed E-state index contributed by atoms with van der Waals surface area (Å²) < 4.78 is 27.8. The summed E-state index contributed by atoms with van der Waals surface area (Å²) in [5.41, 5.74) is 0.774. The minimum atomic E-state index is -0.728. The van der Waals surface area contributed by atoms with Gasteiger partial charge in [-0.15, -0.1) is 0 Å². The number of hydrogen-bond acceptors (Lipinski definition) is 1. The molecular weight excluding hydrogens is 268 g/mol. The second kappa shape index (κ2) is 6.43. The van der Waals surface area contributed by atoms with Crippen molar-refractivity contribution in [2.45, 2.75) is 46.0 Å². The summed E-state index contributed by atoms with van der Waals surface area (Å²) in [7, 11) is 1.93. The van der Waals surface area contributed by atoms with Crippen molar-refractivity contribution >= 4 is 0 Å². The lowest BCUT2D eigenvalue weighted by Gasteiger charge is -2.42. The highest BCUT2D eigenvalue weighted by atomic mass is 19.2. The van der Waals surface area contributed by atoms with Crippen LogP contribution < -0.4 is 5.32 Å². The van der Waals surface area contributed by atoms with Gasteiger partial charge < -0.3 is 5.32 Å². The zero-order valence-corrected chi connectivity index (χ0v) is 13.5. The Morgan fingerprint density at radius 1 is 1.19 bits per heavy atom. The molecule has 0 saturated heterocycles. The SMILES string of the molecule is CNCC1CCC(C(C)(C)C)CC1c1cccc(F)c1F. The first-order chi connectivity index (χ1) is 9.84. The normalized spacial score (nSPS) is 26.9. The molecule has 3 heteroatoms. The van der Waals surface area contributed by atoms with Crippen LogP contribution in [0.25, 0.3) is 0 Å². The van der Waals surface area contributed by atoms with Gasteiger partial charge in [0, 0.05) is 0 Å². The Bertz CT molecular complexity index is 479. The van der Waals surface area contributed by atoms with Gasteiger partial charge in [0.15, 0.2) is 11.6 Å². The monoisotopic (exact) mass is 295 g/mol. The van der Waals surface area contributed by atoms with Crippen LogP contribution in [0.2, 0.25) is 0 Å². The molecule has 1 nitrogen and oxygen atoms in total. The van der Waals surface area contributed by atoms with Gasteiger partial charge >= 0.3 is 0 Å². The van der Waals surface area contributed by atoms with Crippen molar-refractivity contribution in [1.82, 2.24) is 5.32 Å². The van der Waals surface area contributed by atoms with E-state index in [1.54, 1.807) is 12.1 Å². The number of halogens is 2. The van der Waals surface area contributed by atoms with Gasteiger partial charge in [-0.2, -0.15) is 0 Å². The molecule has 1 saturated carbocycles. The van der Waals surface area contributed by atoms with Crippen molar-refractivity contribution in [2.24, 2.45) is 17.3 Å². The van der Waals surface area contributed by atoms with Gasteiger partial charge in [0.2, 0.25) is 0 Å². The van der Waals surface area contributed by atoms with E-state index in [0.717, 1.165) is 19.4 Å². The van der Waals surface area contributed by atoms with Crippen molar-refractivity contribution in [2.75, 3.05) is 13.6 Å². The van der Waals surface area contributed by atoms with E-state index in [-0.39, 0.29) is 11.3 Å². The molecule has 1 aliphatic carbocycles. The van der Waals surface area contributed by atoms with Crippen LogP contribution >= 0.6 is 0 Å². The zero-order valence-electron chi connectivity index (χ0n) is 13.5. The fourth-order valence-electron chi connectivity index (χ4n) is 3.71. The average molecular weight is 295 g/mol. The van der Waals surface area contributed by atoms with E-state index in [9.17, 15) is 8.78 Å². The summed E-state index contributed by atoms with van der Waals surface area (Å²) in [6.07, 6.45) is 3.18. The molecule has 1 N–H and O–H groups in total. The average Bonchev–Trinajstić information content (AvgIpc) is 2.42. The maximum absolute atomic E-state index is 14.2. The van der Waals surface area contributed by atoms with E-state index in [4.69, 9.17) is 0 Å². The van der Waals surface area contributed by atoms with Crippen molar-refractivity contribution in [3.8, 4) is 0 Å². The first-order valence-corrected chi connectivity index (χ1v) is 7.93. The van der Waals surface area contributed by atoms with E-state index in [0.29, 0.717) is 17.4 Å². The van der Waals surface area contributed by atoms with Crippen molar-refractivity contribution in [3.63, 3.8) is 0 Å². The molecule has 0 spiro atoms. The summed E-state index contributed by atoms with van der Waals surface area (Å²) in [6.45, 7) is 7.59. The highest BCUT2D eigenvalue weighted by Crippen LogP contribution is 2.47. The molecule has 118 valence electrons. The van der Waals surface area contributed by atoms with Crippen LogP contribution in [0.3, 0.4) is 0 Å². The van der Waals surface area contributed by atoms with Crippen molar-refractivity contribution < 1.29 is 8.78 Å². The van der Waals surface area contributed by atoms with Crippen LogP contribution in [-0.4, -0.2) is 13.6 Å². The second-order valence-electron chi connectivity index (χ2n) is 7.44. The van der Waals surface area contributed by atoms with E-state index in [1.165, 1.54) is 12.5 Å². The predicted molar refractivity (Wildman–Crippen MR) is 83.3 cm³/mol. The lowest BCUT2D eigenvalue weighted by Crippen LogP contribution is -2.35. The minimum Gasteiger partial charge on any atom is -0.319 e. The Labute approximate surface area is 127 Å². The number of nitrogens with one attached hydrogen (secondary N) is 1. The van der Waals surface area contributed by atoms with Crippen LogP contribution in [0, 0.1) is 28.9 Å². The lowest BCUT2D eigenvalue weighted by molar-refractivity contribution is 0.128. The second-order valence-corrected chi connectivity index (χ2v) is 7.44. The van der Waals surface area contributed by atoms with E-state index < -0.39 is 11.6 Å². The van der Waals surface area contributed by atoms with Gasteiger partial charge in [0.1, 0.15) is 0 Å². The third kappa shape index (κ3) is 3.63. The third-order valence-corrected chi connectivity index (χ3v) is 5.07. The molecule has 0 radical (unpaired) electrons. The minimum absolute atomic E-state index is 0.103. The van der Waals surface area contributed by atoms with Crippen LogP contribution in [0.15, 0.2) is 18.2 Å². The van der Waals surface area contributed by atoms with Gasteiger partial charge in [0.05, 0.1) is 0 Å². The maximum atomic E-state index is 14.2. The Kier molecular flexibility index (Phi) is 5.03. The molecule has 3 unspecified atom stereocenters. The molecule has 0 amide bonds. The molecule has 1 fully saturated rings. The first-order valence-electron chi connectivity index (χ1n) is 7.93. The van der Waals surface area contributed by atoms with E-state index >= 15 is 0 Å². The summed E-state index contributed by atoms with van der Waals surface area (Å²) in [6, 6.07) is 4.59. The molecule has 1 aliphatic rings. The van der Waals surface area contributed by atoms with Crippen LogP contribution in [-0.2, 0) is 0 Å². The standard InChI is InChI=1S/C18H27F2N/c1-18(2,3)13-9-8-12(11-21-4)15(10-13)14-6-5-7-16(19)17(14)20/h5-7,12-13,15,21H,8-11H2,1-4H3. The molecule has 0 aliphatic heterocycles. The molecule has 0 aromatic heterocycles. The summed E-state index contributed by atoms with van der Waals surface area (Å²) in [5.74, 6) is -0.346. The Balaban J connectivity index is 2.31. The largest absolute Gasteiger partial charge is 0.319 e. The Morgan fingerprint density at radius 3 is 2.52 bits per heavy atom. The first kappa shape index (κ1) is 16.4. The quantitative estimate of drug-likeness (QED) is 0.850. The zero-order chi connectivity index (χ0) is 15.6. The summed E-state index contributed by atoms with van der Waals surface area (Å²) in [5, 5.41) is 3.21. The van der Waals surface area contributed by atoms with Crippen LogP contribution in [0.5, 0.6) is 0 Å². The summed E-state index contributed by atoms with van der Waals surface area (Å²) in [4.78, 5) is 0. The molecule has 0 heterocycles. The molecule has 1 aromatic rings. The van der Waals surface area contributed by atoms with Gasteiger partial charge in [-0.25, -0.2) is 8.78 Å². The van der Waals surface area contributed by atoms with Crippen LogP contribution in [0.1, 0.15) is 51.5 Å². The van der Waals surface area contributed by atoms with E-state index in [2.05, 4.69) is 26.1 Å². The Hall–Kier alpha value is -0.960. The van der Waals surface area contributed by atoms with Gasteiger partial charge in [0.25, 0.3) is 0 Å². The third-order valence-electron chi connectivity index (χ3n) is 5.07. The van der Waals surface area contributed by atoms with Crippen LogP contribution in [0.4, 0.5) is 8.78 Å². The number of benzene rings is 1. The topological polar surface area (TPSA) is 12.0 Å². The highest BCUT2D eigenvalue weighted by molar-refractivity contribution is 5.25. The number of rotatable bonds is 3. The molecule has 2 rings (SSSR count). The number of hydrogen-bond donors (Lipinski definition) is 1. The van der Waals surface area contributed by atoms with Gasteiger partial charge in [-0.05, 0) is 67.7 Å². The smallest absolute Gasteiger partial charge is 0.162 e. The predicted octanol–water partition coefficient (Wildman–Crippen LogP) is 4.73. The van der Waals surface area contributed by atoms with Gasteiger partial charge in [-0.1, -0.05) is 32.9 Å². The van der Waals surface area contributed by atoms with Gasteiger partial charge in [-0.3, -0.25) is 0 Å². The van der Waals surface area contributed by atoms with Crippen molar-refractivity contribution in [3.05, 3.63) is 35.4 Å². The summed E-state index contributed by atoms with van der Waals surface area (Å²) >= 11 is 0. The maximum Gasteiger partial charge on any atom is 0.162 e.